The maximum Gasteiger partial charge on any atom is 0.269 e. The van der Waals surface area contributed by atoms with E-state index >= 15 is 0 Å². The molecular formula is C14H11ClN2O3. The average molecular weight is 291 g/mol. The van der Waals surface area contributed by atoms with Gasteiger partial charge >= 0.3 is 0 Å². The first-order chi connectivity index (χ1) is 9.56. The van der Waals surface area contributed by atoms with Gasteiger partial charge in [0.2, 0.25) is 0 Å². The number of carbonyl (C=O) groups is 2. The van der Waals surface area contributed by atoms with E-state index in [-0.39, 0.29) is 5.75 Å². The number of hydrogen-bond acceptors (Lipinski definition) is 3. The summed E-state index contributed by atoms with van der Waals surface area (Å²) in [7, 11) is 0. The molecule has 0 saturated carbocycles. The van der Waals surface area contributed by atoms with E-state index in [2.05, 4.69) is 10.9 Å². The van der Waals surface area contributed by atoms with Gasteiger partial charge in [0.05, 0.1) is 0 Å². The molecule has 2 rings (SSSR count). The van der Waals surface area contributed by atoms with E-state index in [0.717, 1.165) is 0 Å². The second kappa shape index (κ2) is 6.08. The lowest BCUT2D eigenvalue weighted by Crippen LogP contribution is -2.41. The number of amides is 2. The Labute approximate surface area is 120 Å². The summed E-state index contributed by atoms with van der Waals surface area (Å²) < 4.78 is 0. The lowest BCUT2D eigenvalue weighted by atomic mass is 10.2. The van der Waals surface area contributed by atoms with Crippen molar-refractivity contribution in [2.45, 2.75) is 0 Å². The van der Waals surface area contributed by atoms with Crippen LogP contribution in [0, 0.1) is 0 Å². The molecule has 0 heterocycles. The number of halogens is 1. The molecule has 2 aromatic carbocycles. The highest BCUT2D eigenvalue weighted by molar-refractivity contribution is 6.30. The predicted octanol–water partition coefficient (Wildman–Crippen LogP) is 2.12. The van der Waals surface area contributed by atoms with Crippen molar-refractivity contribution >= 4 is 23.4 Å². The molecule has 3 N–H and O–H groups in total. The van der Waals surface area contributed by atoms with Crippen LogP contribution in [0.15, 0.2) is 48.5 Å². The molecule has 0 aromatic heterocycles. The Morgan fingerprint density at radius 1 is 0.800 bits per heavy atom. The summed E-state index contributed by atoms with van der Waals surface area (Å²) in [6.45, 7) is 0. The Balaban J connectivity index is 1.94. The van der Waals surface area contributed by atoms with Crippen molar-refractivity contribution < 1.29 is 14.7 Å². The summed E-state index contributed by atoms with van der Waals surface area (Å²) in [6.07, 6.45) is 0. The van der Waals surface area contributed by atoms with Gasteiger partial charge in [-0.2, -0.15) is 0 Å². The molecule has 0 radical (unpaired) electrons. The summed E-state index contributed by atoms with van der Waals surface area (Å²) in [5, 5.41) is 9.64. The van der Waals surface area contributed by atoms with Gasteiger partial charge in [-0.3, -0.25) is 20.4 Å². The zero-order chi connectivity index (χ0) is 14.5. The molecule has 5 nitrogen and oxygen atoms in total. The third kappa shape index (κ3) is 3.49. The Hall–Kier alpha value is -2.53. The number of benzene rings is 2. The minimum absolute atomic E-state index is 0.0618. The topological polar surface area (TPSA) is 78.4 Å². The van der Waals surface area contributed by atoms with Gasteiger partial charge in [-0.1, -0.05) is 11.6 Å². The van der Waals surface area contributed by atoms with Gasteiger partial charge in [0.25, 0.3) is 11.8 Å². The van der Waals surface area contributed by atoms with Crippen LogP contribution in [-0.4, -0.2) is 16.9 Å². The number of aromatic hydroxyl groups is 1. The number of carbonyl (C=O) groups excluding carboxylic acids is 2. The second-order valence-electron chi connectivity index (χ2n) is 3.96. The molecule has 20 heavy (non-hydrogen) atoms. The Kier molecular flexibility index (Phi) is 4.22. The van der Waals surface area contributed by atoms with Gasteiger partial charge in [0, 0.05) is 16.1 Å². The van der Waals surface area contributed by atoms with Gasteiger partial charge < -0.3 is 5.11 Å². The van der Waals surface area contributed by atoms with Gasteiger partial charge in [-0.15, -0.1) is 0 Å². The molecule has 6 heteroatoms. The van der Waals surface area contributed by atoms with Gasteiger partial charge in [0.1, 0.15) is 5.75 Å². The van der Waals surface area contributed by atoms with Gasteiger partial charge in [-0.05, 0) is 48.5 Å². The largest absolute Gasteiger partial charge is 0.508 e. The monoisotopic (exact) mass is 290 g/mol. The fourth-order valence-electron chi connectivity index (χ4n) is 1.47. The lowest BCUT2D eigenvalue weighted by molar-refractivity contribution is 0.0846. The van der Waals surface area contributed by atoms with Crippen LogP contribution in [-0.2, 0) is 0 Å². The van der Waals surface area contributed by atoms with Crippen LogP contribution in [0.3, 0.4) is 0 Å². The van der Waals surface area contributed by atoms with E-state index in [4.69, 9.17) is 16.7 Å². The van der Waals surface area contributed by atoms with E-state index in [0.29, 0.717) is 16.1 Å². The first-order valence-corrected chi connectivity index (χ1v) is 6.09. The van der Waals surface area contributed by atoms with Gasteiger partial charge in [-0.25, -0.2) is 0 Å². The van der Waals surface area contributed by atoms with E-state index in [1.54, 1.807) is 24.3 Å². The molecule has 0 aliphatic rings. The fraction of sp³-hybridized carbons (Fsp3) is 0. The average Bonchev–Trinajstić information content (AvgIpc) is 2.46. The third-order valence-electron chi connectivity index (χ3n) is 2.53. The van der Waals surface area contributed by atoms with Crippen LogP contribution < -0.4 is 10.9 Å². The lowest BCUT2D eigenvalue weighted by Gasteiger charge is -2.07. The van der Waals surface area contributed by atoms with Crippen molar-refractivity contribution in [2.75, 3.05) is 0 Å². The summed E-state index contributed by atoms with van der Waals surface area (Å²) in [4.78, 5) is 23.5. The van der Waals surface area contributed by atoms with Crippen molar-refractivity contribution in [1.82, 2.24) is 10.9 Å². The normalized spacial score (nSPS) is 9.85. The minimum Gasteiger partial charge on any atom is -0.508 e. The number of phenols is 1. The summed E-state index contributed by atoms with van der Waals surface area (Å²) in [6, 6.07) is 11.9. The van der Waals surface area contributed by atoms with Crippen LogP contribution in [0.5, 0.6) is 5.75 Å². The highest BCUT2D eigenvalue weighted by Crippen LogP contribution is 2.10. The van der Waals surface area contributed by atoms with Crippen molar-refractivity contribution in [3.8, 4) is 5.75 Å². The summed E-state index contributed by atoms with van der Waals surface area (Å²) in [5.74, 6) is -0.868. The molecule has 0 aliphatic heterocycles. The fourth-order valence-corrected chi connectivity index (χ4v) is 1.60. The SMILES string of the molecule is O=C(NNC(=O)c1ccc(Cl)cc1)c1ccc(O)cc1. The molecule has 2 aromatic rings. The van der Waals surface area contributed by atoms with Crippen LogP contribution in [0.2, 0.25) is 5.02 Å². The van der Waals surface area contributed by atoms with Crippen molar-refractivity contribution in [2.24, 2.45) is 0 Å². The van der Waals surface area contributed by atoms with Crippen molar-refractivity contribution in [3.05, 3.63) is 64.7 Å². The first kappa shape index (κ1) is 13.9. The molecule has 102 valence electrons. The maximum absolute atomic E-state index is 11.7. The first-order valence-electron chi connectivity index (χ1n) is 5.71. The van der Waals surface area contributed by atoms with E-state index in [1.165, 1.54) is 24.3 Å². The molecule has 0 fully saturated rings. The number of hydrazine groups is 1. The molecular weight excluding hydrogens is 280 g/mol. The van der Waals surface area contributed by atoms with Gasteiger partial charge in [0.15, 0.2) is 0 Å². The molecule has 0 spiro atoms. The number of rotatable bonds is 2. The quantitative estimate of drug-likeness (QED) is 0.741. The van der Waals surface area contributed by atoms with Crippen molar-refractivity contribution in [1.29, 1.82) is 0 Å². The van der Waals surface area contributed by atoms with Crippen LogP contribution in [0.1, 0.15) is 20.7 Å². The molecule has 2 amide bonds. The van der Waals surface area contributed by atoms with Crippen molar-refractivity contribution in [3.63, 3.8) is 0 Å². The Morgan fingerprint density at radius 3 is 1.65 bits per heavy atom. The number of phenolic OH excluding ortho intramolecular Hbond substituents is 1. The second-order valence-corrected chi connectivity index (χ2v) is 4.40. The molecule has 0 bridgehead atoms. The third-order valence-corrected chi connectivity index (χ3v) is 2.78. The minimum atomic E-state index is -0.479. The Morgan fingerprint density at radius 2 is 1.20 bits per heavy atom. The zero-order valence-electron chi connectivity index (χ0n) is 10.3. The van der Waals surface area contributed by atoms with Crippen LogP contribution in [0.4, 0.5) is 0 Å². The highest BCUT2D eigenvalue weighted by Gasteiger charge is 2.08. The molecule has 0 unspecified atom stereocenters. The Bertz CT molecular complexity index is 566. The maximum atomic E-state index is 11.7. The summed E-state index contributed by atoms with van der Waals surface area (Å²) in [5.41, 5.74) is 5.26. The zero-order valence-corrected chi connectivity index (χ0v) is 11.0. The van der Waals surface area contributed by atoms with E-state index in [1.807, 2.05) is 0 Å². The molecule has 0 saturated heterocycles. The predicted molar refractivity (Wildman–Crippen MR) is 74.5 cm³/mol. The number of nitrogens with one attached hydrogen (secondary N) is 2. The smallest absolute Gasteiger partial charge is 0.269 e. The van der Waals surface area contributed by atoms with Crippen LogP contribution in [0.25, 0.3) is 0 Å². The highest BCUT2D eigenvalue weighted by atomic mass is 35.5. The van der Waals surface area contributed by atoms with Crippen LogP contribution >= 0.6 is 11.6 Å². The summed E-state index contributed by atoms with van der Waals surface area (Å²) >= 11 is 5.71. The standard InChI is InChI=1S/C14H11ClN2O3/c15-11-5-1-9(2-6-11)13(19)16-17-14(20)10-3-7-12(18)8-4-10/h1-8,18H,(H,16,19)(H,17,20). The molecule has 0 aliphatic carbocycles. The van der Waals surface area contributed by atoms with E-state index < -0.39 is 11.8 Å². The molecule has 0 atom stereocenters. The number of hydrogen-bond donors (Lipinski definition) is 3. The van der Waals surface area contributed by atoms with E-state index in [9.17, 15) is 9.59 Å².